The Balaban J connectivity index is 2.31. The van der Waals surface area contributed by atoms with Crippen LogP contribution in [-0.2, 0) is 4.79 Å². The highest BCUT2D eigenvalue weighted by molar-refractivity contribution is 14.1. The Kier molecular flexibility index (Phi) is 7.30. The van der Waals surface area contributed by atoms with E-state index in [0.29, 0.717) is 34.4 Å². The topological polar surface area (TPSA) is 71.3 Å². The van der Waals surface area contributed by atoms with Crippen LogP contribution in [-0.4, -0.2) is 19.6 Å². The molecule has 0 spiro atoms. The summed E-state index contributed by atoms with van der Waals surface area (Å²) in [7, 11) is 1.57. The van der Waals surface area contributed by atoms with E-state index in [9.17, 15) is 10.1 Å². The monoisotopic (exact) mass is 482 g/mol. The van der Waals surface area contributed by atoms with E-state index in [-0.39, 0.29) is 5.57 Å². The minimum atomic E-state index is -0.501. The third-order valence-electron chi connectivity index (χ3n) is 3.31. The Morgan fingerprint density at radius 1 is 1.35 bits per heavy atom. The van der Waals surface area contributed by atoms with Gasteiger partial charge in [0.05, 0.1) is 17.3 Å². The van der Waals surface area contributed by atoms with E-state index in [4.69, 9.17) is 21.1 Å². The molecule has 7 heteroatoms. The second kappa shape index (κ2) is 9.46. The van der Waals surface area contributed by atoms with Crippen LogP contribution in [0.1, 0.15) is 12.5 Å². The molecule has 0 saturated heterocycles. The number of nitriles is 1. The molecule has 0 atom stereocenters. The summed E-state index contributed by atoms with van der Waals surface area (Å²) in [6.07, 6.45) is 1.51. The number of benzene rings is 2. The van der Waals surface area contributed by atoms with Gasteiger partial charge in [0.25, 0.3) is 5.91 Å². The van der Waals surface area contributed by atoms with E-state index in [1.165, 1.54) is 6.08 Å². The molecule has 0 unspecified atom stereocenters. The highest BCUT2D eigenvalue weighted by atomic mass is 127. The number of carbonyl (C=O) groups excluding carboxylic acids is 1. The number of ether oxygens (including phenoxy) is 2. The minimum Gasteiger partial charge on any atom is -0.492 e. The van der Waals surface area contributed by atoms with E-state index < -0.39 is 5.91 Å². The third-order valence-corrected chi connectivity index (χ3v) is 4.37. The number of hydrogen-bond acceptors (Lipinski definition) is 4. The maximum atomic E-state index is 12.4. The maximum Gasteiger partial charge on any atom is 0.266 e. The van der Waals surface area contributed by atoms with E-state index >= 15 is 0 Å². The van der Waals surface area contributed by atoms with Gasteiger partial charge in [-0.05, 0) is 77.6 Å². The highest BCUT2D eigenvalue weighted by Gasteiger charge is 2.13. The molecule has 0 bridgehead atoms. The molecule has 1 amide bonds. The van der Waals surface area contributed by atoms with Crippen molar-refractivity contribution in [3.8, 4) is 17.6 Å². The summed E-state index contributed by atoms with van der Waals surface area (Å²) in [4.78, 5) is 12.4. The highest BCUT2D eigenvalue weighted by Crippen LogP contribution is 2.34. The summed E-state index contributed by atoms with van der Waals surface area (Å²) in [5.41, 5.74) is 1.20. The lowest BCUT2D eigenvalue weighted by Crippen LogP contribution is -2.13. The number of nitrogens with zero attached hydrogens (tertiary/aromatic N) is 1. The number of nitrogens with one attached hydrogen (secondary N) is 1. The molecule has 1 N–H and O–H groups in total. The van der Waals surface area contributed by atoms with Crippen molar-refractivity contribution in [2.45, 2.75) is 6.92 Å². The molecule has 0 saturated carbocycles. The van der Waals surface area contributed by atoms with Gasteiger partial charge in [-0.3, -0.25) is 4.79 Å². The van der Waals surface area contributed by atoms with Crippen molar-refractivity contribution in [2.75, 3.05) is 19.0 Å². The number of rotatable bonds is 6. The van der Waals surface area contributed by atoms with Gasteiger partial charge in [0, 0.05) is 10.7 Å². The quantitative estimate of drug-likeness (QED) is 0.361. The molecule has 2 aromatic rings. The van der Waals surface area contributed by atoms with Gasteiger partial charge in [0.1, 0.15) is 11.6 Å². The molecule has 0 fully saturated rings. The first-order valence-corrected chi connectivity index (χ1v) is 9.13. The van der Waals surface area contributed by atoms with E-state index in [1.807, 2.05) is 19.1 Å². The van der Waals surface area contributed by atoms with Gasteiger partial charge in [0.15, 0.2) is 11.5 Å². The fraction of sp³-hybridized carbons (Fsp3) is 0.158. The maximum absolute atomic E-state index is 12.4. The number of anilines is 1. The van der Waals surface area contributed by atoms with Crippen molar-refractivity contribution >= 4 is 51.9 Å². The Labute approximate surface area is 170 Å². The van der Waals surface area contributed by atoms with Gasteiger partial charge >= 0.3 is 0 Å². The van der Waals surface area contributed by atoms with Gasteiger partial charge in [-0.1, -0.05) is 11.6 Å². The molecule has 0 aliphatic heterocycles. The van der Waals surface area contributed by atoms with Crippen LogP contribution >= 0.6 is 34.2 Å². The van der Waals surface area contributed by atoms with Crippen LogP contribution in [0.4, 0.5) is 5.69 Å². The van der Waals surface area contributed by atoms with E-state index in [1.54, 1.807) is 37.4 Å². The summed E-state index contributed by atoms with van der Waals surface area (Å²) in [5, 5.41) is 12.6. The molecule has 0 aliphatic carbocycles. The predicted molar refractivity (Wildman–Crippen MR) is 111 cm³/mol. The van der Waals surface area contributed by atoms with Gasteiger partial charge in [0.2, 0.25) is 0 Å². The van der Waals surface area contributed by atoms with Crippen molar-refractivity contribution in [1.82, 2.24) is 0 Å². The Hall–Kier alpha value is -2.24. The van der Waals surface area contributed by atoms with Crippen LogP contribution < -0.4 is 14.8 Å². The first kappa shape index (κ1) is 20.1. The number of carbonyl (C=O) groups is 1. The molecule has 0 aliphatic rings. The van der Waals surface area contributed by atoms with Crippen LogP contribution in [0.2, 0.25) is 5.02 Å². The largest absolute Gasteiger partial charge is 0.492 e. The summed E-state index contributed by atoms with van der Waals surface area (Å²) in [6, 6.07) is 12.1. The molecule has 0 heterocycles. The zero-order chi connectivity index (χ0) is 19.1. The lowest BCUT2D eigenvalue weighted by atomic mass is 10.1. The van der Waals surface area contributed by atoms with Crippen molar-refractivity contribution < 1.29 is 14.3 Å². The van der Waals surface area contributed by atoms with Gasteiger partial charge in [-0.25, -0.2) is 0 Å². The predicted octanol–water partition coefficient (Wildman–Crippen LogP) is 4.90. The van der Waals surface area contributed by atoms with Crippen molar-refractivity contribution in [1.29, 1.82) is 5.26 Å². The van der Waals surface area contributed by atoms with Crippen LogP contribution in [0.3, 0.4) is 0 Å². The van der Waals surface area contributed by atoms with E-state index in [0.717, 1.165) is 3.57 Å². The molecule has 134 valence electrons. The second-order valence-electron chi connectivity index (χ2n) is 5.10. The number of halogens is 2. The molecule has 0 radical (unpaired) electrons. The fourth-order valence-corrected chi connectivity index (χ4v) is 3.15. The molecular formula is C19H16ClIN2O3. The van der Waals surface area contributed by atoms with E-state index in [2.05, 4.69) is 27.9 Å². The minimum absolute atomic E-state index is 0.0247. The van der Waals surface area contributed by atoms with Gasteiger partial charge in [-0.15, -0.1) is 0 Å². The normalized spacial score (nSPS) is 10.8. The third kappa shape index (κ3) is 5.13. The zero-order valence-electron chi connectivity index (χ0n) is 14.2. The second-order valence-corrected chi connectivity index (χ2v) is 6.70. The summed E-state index contributed by atoms with van der Waals surface area (Å²) in [5.74, 6) is 0.677. The standard InChI is InChI=1S/C19H16ClIN2O3/c1-3-26-17-10-12(9-16(21)18(17)25-2)8-13(11-22)19(24)23-15-6-4-14(20)5-7-15/h4-10H,3H2,1-2H3,(H,23,24)/b13-8-. The summed E-state index contributed by atoms with van der Waals surface area (Å²) < 4.78 is 11.7. The summed E-state index contributed by atoms with van der Waals surface area (Å²) in [6.45, 7) is 2.34. The molecule has 5 nitrogen and oxygen atoms in total. The van der Waals surface area contributed by atoms with Crippen LogP contribution in [0.15, 0.2) is 42.0 Å². The summed E-state index contributed by atoms with van der Waals surface area (Å²) >= 11 is 7.95. The first-order chi connectivity index (χ1) is 12.5. The van der Waals surface area contributed by atoms with Crippen LogP contribution in [0.25, 0.3) is 6.08 Å². The Morgan fingerprint density at radius 3 is 2.62 bits per heavy atom. The van der Waals surface area contributed by atoms with Gasteiger partial charge < -0.3 is 14.8 Å². The molecule has 2 rings (SSSR count). The van der Waals surface area contributed by atoms with Gasteiger partial charge in [-0.2, -0.15) is 5.26 Å². The molecule has 26 heavy (non-hydrogen) atoms. The smallest absolute Gasteiger partial charge is 0.266 e. The van der Waals surface area contributed by atoms with Crippen LogP contribution in [0, 0.1) is 14.9 Å². The molecule has 0 aromatic heterocycles. The van der Waals surface area contributed by atoms with Crippen molar-refractivity contribution in [2.24, 2.45) is 0 Å². The number of hydrogen-bond donors (Lipinski definition) is 1. The fourth-order valence-electron chi connectivity index (χ4n) is 2.18. The first-order valence-electron chi connectivity index (χ1n) is 7.67. The average Bonchev–Trinajstić information content (AvgIpc) is 2.61. The zero-order valence-corrected chi connectivity index (χ0v) is 17.1. The van der Waals surface area contributed by atoms with Crippen molar-refractivity contribution in [3.05, 3.63) is 56.1 Å². The molecular weight excluding hydrogens is 467 g/mol. The Bertz CT molecular complexity index is 874. The Morgan fingerprint density at radius 2 is 2.04 bits per heavy atom. The molecule has 2 aromatic carbocycles. The lowest BCUT2D eigenvalue weighted by Gasteiger charge is -2.12. The SMILES string of the molecule is CCOc1cc(/C=C(/C#N)C(=O)Nc2ccc(Cl)cc2)cc(I)c1OC. The number of methoxy groups -OCH3 is 1. The number of amides is 1. The lowest BCUT2D eigenvalue weighted by molar-refractivity contribution is -0.112. The van der Waals surface area contributed by atoms with Crippen molar-refractivity contribution in [3.63, 3.8) is 0 Å². The van der Waals surface area contributed by atoms with Crippen LogP contribution in [0.5, 0.6) is 11.5 Å². The average molecular weight is 483 g/mol.